The highest BCUT2D eigenvalue weighted by Gasteiger charge is 2.28. The van der Waals surface area contributed by atoms with Crippen LogP contribution in [0.15, 0.2) is 29.1 Å². The molecule has 2 aromatic rings. The normalized spacial score (nSPS) is 14.2. The van der Waals surface area contributed by atoms with E-state index in [1.54, 1.807) is 6.20 Å². The molecule has 1 unspecified atom stereocenters. The molecule has 0 spiro atoms. The van der Waals surface area contributed by atoms with Gasteiger partial charge >= 0.3 is 0 Å². The first-order chi connectivity index (χ1) is 9.60. The first-order valence-electron chi connectivity index (χ1n) is 7.19. The molecular formula is C17H24N2O2. The van der Waals surface area contributed by atoms with Crippen molar-refractivity contribution < 1.29 is 9.52 Å². The fourth-order valence-corrected chi connectivity index (χ4v) is 2.31. The van der Waals surface area contributed by atoms with Crippen LogP contribution in [0.5, 0.6) is 0 Å². The molecule has 0 saturated carbocycles. The standard InChI is InChI=1S/C17H24N2O2/c1-16(2,3)12-9-11(10-19-14(12)17(4,5)6)13(20)15-18-7-8-21-15/h7-10,13,20H,1-6H3. The minimum Gasteiger partial charge on any atom is -0.446 e. The summed E-state index contributed by atoms with van der Waals surface area (Å²) in [7, 11) is 0. The third-order valence-corrected chi connectivity index (χ3v) is 3.43. The molecule has 0 fully saturated rings. The highest BCUT2D eigenvalue weighted by Crippen LogP contribution is 2.34. The summed E-state index contributed by atoms with van der Waals surface area (Å²) in [5, 5.41) is 10.4. The van der Waals surface area contributed by atoms with Crippen LogP contribution in [0.25, 0.3) is 0 Å². The molecule has 1 N–H and O–H groups in total. The molecule has 1 atom stereocenters. The third kappa shape index (κ3) is 3.32. The number of rotatable bonds is 2. The van der Waals surface area contributed by atoms with Gasteiger partial charge in [-0.1, -0.05) is 41.5 Å². The predicted octanol–water partition coefficient (Wildman–Crippen LogP) is 3.75. The van der Waals surface area contributed by atoms with E-state index in [4.69, 9.17) is 4.42 Å². The molecule has 21 heavy (non-hydrogen) atoms. The smallest absolute Gasteiger partial charge is 0.227 e. The van der Waals surface area contributed by atoms with Gasteiger partial charge in [-0.05, 0) is 17.0 Å². The average molecular weight is 288 g/mol. The van der Waals surface area contributed by atoms with Crippen molar-refractivity contribution in [2.45, 2.75) is 58.5 Å². The summed E-state index contributed by atoms with van der Waals surface area (Å²) >= 11 is 0. The van der Waals surface area contributed by atoms with E-state index < -0.39 is 6.10 Å². The van der Waals surface area contributed by atoms with Crippen LogP contribution in [0.3, 0.4) is 0 Å². The van der Waals surface area contributed by atoms with Crippen LogP contribution in [-0.2, 0) is 10.8 Å². The van der Waals surface area contributed by atoms with Crippen LogP contribution in [0, 0.1) is 0 Å². The van der Waals surface area contributed by atoms with E-state index in [0.29, 0.717) is 11.5 Å². The Kier molecular flexibility index (Phi) is 3.93. The van der Waals surface area contributed by atoms with E-state index in [9.17, 15) is 5.11 Å². The van der Waals surface area contributed by atoms with Crippen molar-refractivity contribution in [3.63, 3.8) is 0 Å². The fraction of sp³-hybridized carbons (Fsp3) is 0.529. The maximum absolute atomic E-state index is 10.4. The quantitative estimate of drug-likeness (QED) is 0.914. The van der Waals surface area contributed by atoms with E-state index in [-0.39, 0.29) is 10.8 Å². The third-order valence-electron chi connectivity index (χ3n) is 3.43. The van der Waals surface area contributed by atoms with Gasteiger partial charge in [0.2, 0.25) is 5.89 Å². The molecule has 0 aliphatic carbocycles. The zero-order valence-corrected chi connectivity index (χ0v) is 13.6. The highest BCUT2D eigenvalue weighted by molar-refractivity contribution is 5.36. The summed E-state index contributed by atoms with van der Waals surface area (Å²) in [6, 6.07) is 2.02. The molecule has 0 aromatic carbocycles. The van der Waals surface area contributed by atoms with Gasteiger partial charge in [0, 0.05) is 22.9 Å². The van der Waals surface area contributed by atoms with Gasteiger partial charge < -0.3 is 9.52 Å². The van der Waals surface area contributed by atoms with Gasteiger partial charge in [0.15, 0.2) is 6.10 Å². The molecule has 2 heterocycles. The summed E-state index contributed by atoms with van der Waals surface area (Å²) in [5.74, 6) is 0.292. The van der Waals surface area contributed by atoms with E-state index >= 15 is 0 Å². The van der Waals surface area contributed by atoms with Crippen LogP contribution in [0.2, 0.25) is 0 Å². The number of oxazole rings is 1. The van der Waals surface area contributed by atoms with Gasteiger partial charge in [-0.3, -0.25) is 4.98 Å². The minimum atomic E-state index is -0.886. The molecule has 0 radical (unpaired) electrons. The van der Waals surface area contributed by atoms with Gasteiger partial charge in [0.1, 0.15) is 6.26 Å². The van der Waals surface area contributed by atoms with E-state index in [1.165, 1.54) is 12.5 Å². The Balaban J connectivity index is 2.53. The Morgan fingerprint density at radius 1 is 1.05 bits per heavy atom. The largest absolute Gasteiger partial charge is 0.446 e. The van der Waals surface area contributed by atoms with Crippen LogP contribution >= 0.6 is 0 Å². The molecule has 114 valence electrons. The van der Waals surface area contributed by atoms with Gasteiger partial charge in [0.25, 0.3) is 0 Å². The second kappa shape index (κ2) is 5.26. The predicted molar refractivity (Wildman–Crippen MR) is 82.2 cm³/mol. The lowest BCUT2D eigenvalue weighted by Gasteiger charge is -2.29. The Hall–Kier alpha value is -1.68. The van der Waals surface area contributed by atoms with Crippen molar-refractivity contribution in [1.29, 1.82) is 0 Å². The van der Waals surface area contributed by atoms with Crippen molar-refractivity contribution in [3.05, 3.63) is 47.4 Å². The lowest BCUT2D eigenvalue weighted by Crippen LogP contribution is -2.24. The van der Waals surface area contributed by atoms with E-state index in [2.05, 4.69) is 51.5 Å². The Morgan fingerprint density at radius 3 is 2.19 bits per heavy atom. The average Bonchev–Trinajstić information content (AvgIpc) is 2.89. The Morgan fingerprint density at radius 2 is 1.71 bits per heavy atom. The van der Waals surface area contributed by atoms with Gasteiger partial charge in [-0.15, -0.1) is 0 Å². The molecular weight excluding hydrogens is 264 g/mol. The van der Waals surface area contributed by atoms with Crippen molar-refractivity contribution in [3.8, 4) is 0 Å². The number of aliphatic hydroxyl groups excluding tert-OH is 1. The first kappa shape index (κ1) is 15.7. The van der Waals surface area contributed by atoms with Crippen molar-refractivity contribution >= 4 is 0 Å². The maximum atomic E-state index is 10.4. The highest BCUT2D eigenvalue weighted by atomic mass is 16.4. The SMILES string of the molecule is CC(C)(C)c1cc(C(O)c2ncco2)cnc1C(C)(C)C. The number of aromatic nitrogens is 2. The lowest BCUT2D eigenvalue weighted by atomic mass is 9.77. The Labute approximate surface area is 126 Å². The number of aliphatic hydroxyl groups is 1. The van der Waals surface area contributed by atoms with Crippen molar-refractivity contribution in [2.24, 2.45) is 0 Å². The van der Waals surface area contributed by atoms with Crippen molar-refractivity contribution in [2.75, 3.05) is 0 Å². The lowest BCUT2D eigenvalue weighted by molar-refractivity contribution is 0.182. The number of nitrogens with zero attached hydrogens (tertiary/aromatic N) is 2. The second-order valence-corrected chi connectivity index (χ2v) is 7.44. The number of hydrogen-bond donors (Lipinski definition) is 1. The van der Waals surface area contributed by atoms with Gasteiger partial charge in [-0.25, -0.2) is 4.98 Å². The summed E-state index contributed by atoms with van der Waals surface area (Å²) in [4.78, 5) is 8.63. The van der Waals surface area contributed by atoms with Gasteiger partial charge in [0.05, 0.1) is 6.20 Å². The molecule has 4 heteroatoms. The number of hydrogen-bond acceptors (Lipinski definition) is 4. The molecule has 0 bridgehead atoms. The van der Waals surface area contributed by atoms with Crippen molar-refractivity contribution in [1.82, 2.24) is 9.97 Å². The first-order valence-corrected chi connectivity index (χ1v) is 7.19. The van der Waals surface area contributed by atoms with E-state index in [0.717, 1.165) is 11.3 Å². The molecule has 0 aliphatic rings. The summed E-state index contributed by atoms with van der Waals surface area (Å²) in [6.07, 6.45) is 3.81. The monoisotopic (exact) mass is 288 g/mol. The maximum Gasteiger partial charge on any atom is 0.227 e. The minimum absolute atomic E-state index is 0.0466. The molecule has 2 aromatic heterocycles. The molecule has 2 rings (SSSR count). The Bertz CT molecular complexity index is 605. The zero-order valence-electron chi connectivity index (χ0n) is 13.6. The summed E-state index contributed by atoms with van der Waals surface area (Å²) in [5.41, 5.74) is 2.79. The van der Waals surface area contributed by atoms with Gasteiger partial charge in [-0.2, -0.15) is 0 Å². The topological polar surface area (TPSA) is 59.2 Å². The summed E-state index contributed by atoms with van der Waals surface area (Å²) < 4.78 is 5.18. The molecule has 4 nitrogen and oxygen atoms in total. The van der Waals surface area contributed by atoms with Crippen LogP contribution in [-0.4, -0.2) is 15.1 Å². The van der Waals surface area contributed by atoms with E-state index in [1.807, 2.05) is 6.07 Å². The fourth-order valence-electron chi connectivity index (χ4n) is 2.31. The molecule has 0 aliphatic heterocycles. The second-order valence-electron chi connectivity index (χ2n) is 7.44. The van der Waals surface area contributed by atoms with Crippen LogP contribution < -0.4 is 0 Å². The molecule has 0 amide bonds. The van der Waals surface area contributed by atoms with Crippen LogP contribution in [0.1, 0.15) is 70.4 Å². The zero-order chi connectivity index (χ0) is 15.8. The number of pyridine rings is 1. The van der Waals surface area contributed by atoms with Crippen LogP contribution in [0.4, 0.5) is 0 Å². The molecule has 0 saturated heterocycles. The summed E-state index contributed by atoms with van der Waals surface area (Å²) in [6.45, 7) is 12.9.